The summed E-state index contributed by atoms with van der Waals surface area (Å²) in [5, 5.41) is 9.13. The van der Waals surface area contributed by atoms with E-state index < -0.39 is 0 Å². The Labute approximate surface area is 109 Å². The van der Waals surface area contributed by atoms with Crippen LogP contribution in [0.4, 0.5) is 0 Å². The number of pyridine rings is 1. The van der Waals surface area contributed by atoms with Crippen molar-refractivity contribution in [1.29, 1.82) is 0 Å². The van der Waals surface area contributed by atoms with E-state index in [2.05, 4.69) is 9.88 Å². The average Bonchev–Trinajstić information content (AvgIpc) is 2.45. The predicted octanol–water partition coefficient (Wildman–Crippen LogP) is 1.83. The Balaban J connectivity index is 1.68. The van der Waals surface area contributed by atoms with Gasteiger partial charge in [-0.05, 0) is 44.5 Å². The van der Waals surface area contributed by atoms with E-state index in [1.54, 1.807) is 6.20 Å². The lowest BCUT2D eigenvalue weighted by Crippen LogP contribution is -2.31. The van der Waals surface area contributed by atoms with Gasteiger partial charge in [-0.1, -0.05) is 6.42 Å². The fourth-order valence-corrected chi connectivity index (χ4v) is 2.33. The van der Waals surface area contributed by atoms with E-state index in [4.69, 9.17) is 9.84 Å². The van der Waals surface area contributed by atoms with Crippen molar-refractivity contribution in [2.75, 3.05) is 26.2 Å². The summed E-state index contributed by atoms with van der Waals surface area (Å²) in [4.78, 5) is 6.58. The molecule has 0 aliphatic carbocycles. The molecule has 0 amide bonds. The second kappa shape index (κ2) is 7.34. The van der Waals surface area contributed by atoms with Gasteiger partial charge in [0.25, 0.3) is 0 Å². The summed E-state index contributed by atoms with van der Waals surface area (Å²) < 4.78 is 5.67. The molecule has 1 aromatic rings. The van der Waals surface area contributed by atoms with Gasteiger partial charge >= 0.3 is 0 Å². The van der Waals surface area contributed by atoms with Gasteiger partial charge in [-0.15, -0.1) is 0 Å². The van der Waals surface area contributed by atoms with Crippen LogP contribution in [0.5, 0.6) is 5.75 Å². The molecular formula is C14H22N2O2. The molecule has 1 aromatic heterocycles. The molecule has 18 heavy (non-hydrogen) atoms. The SMILES string of the molecule is OCc1ncccc1OCCCN1CCCCC1. The summed E-state index contributed by atoms with van der Waals surface area (Å²) >= 11 is 0. The van der Waals surface area contributed by atoms with E-state index in [1.807, 2.05) is 12.1 Å². The number of hydrogen-bond acceptors (Lipinski definition) is 4. The molecule has 0 atom stereocenters. The van der Waals surface area contributed by atoms with Crippen molar-refractivity contribution in [2.45, 2.75) is 32.3 Å². The first-order chi connectivity index (χ1) is 8.90. The monoisotopic (exact) mass is 250 g/mol. The quantitative estimate of drug-likeness (QED) is 0.782. The number of rotatable bonds is 6. The van der Waals surface area contributed by atoms with Gasteiger partial charge in [-0.2, -0.15) is 0 Å². The molecule has 100 valence electrons. The highest BCUT2D eigenvalue weighted by atomic mass is 16.5. The minimum atomic E-state index is -0.0672. The molecule has 1 aliphatic rings. The summed E-state index contributed by atoms with van der Waals surface area (Å²) in [6.45, 7) is 4.19. The van der Waals surface area contributed by atoms with Gasteiger partial charge in [-0.3, -0.25) is 4.98 Å². The number of nitrogens with zero attached hydrogens (tertiary/aromatic N) is 2. The third-order valence-electron chi connectivity index (χ3n) is 3.32. The average molecular weight is 250 g/mol. The fourth-order valence-electron chi connectivity index (χ4n) is 2.33. The Morgan fingerprint density at radius 3 is 2.89 bits per heavy atom. The second-order valence-corrected chi connectivity index (χ2v) is 4.71. The van der Waals surface area contributed by atoms with Crippen molar-refractivity contribution >= 4 is 0 Å². The highest BCUT2D eigenvalue weighted by Crippen LogP contribution is 2.15. The zero-order chi connectivity index (χ0) is 12.6. The first-order valence-electron chi connectivity index (χ1n) is 6.80. The molecule has 0 bridgehead atoms. The van der Waals surface area contributed by atoms with Gasteiger partial charge in [0.15, 0.2) is 0 Å². The van der Waals surface area contributed by atoms with E-state index in [1.165, 1.54) is 32.4 Å². The van der Waals surface area contributed by atoms with Gasteiger partial charge < -0.3 is 14.7 Å². The highest BCUT2D eigenvalue weighted by molar-refractivity contribution is 5.25. The molecule has 0 radical (unpaired) electrons. The Morgan fingerprint density at radius 2 is 2.11 bits per heavy atom. The summed E-state index contributed by atoms with van der Waals surface area (Å²) in [6.07, 6.45) is 6.74. The lowest BCUT2D eigenvalue weighted by atomic mass is 10.1. The van der Waals surface area contributed by atoms with Gasteiger partial charge in [-0.25, -0.2) is 0 Å². The van der Waals surface area contributed by atoms with Crippen molar-refractivity contribution in [2.24, 2.45) is 0 Å². The van der Waals surface area contributed by atoms with E-state index in [9.17, 15) is 0 Å². The summed E-state index contributed by atoms with van der Waals surface area (Å²) in [5.74, 6) is 0.707. The van der Waals surface area contributed by atoms with E-state index >= 15 is 0 Å². The molecule has 1 saturated heterocycles. The fraction of sp³-hybridized carbons (Fsp3) is 0.643. The van der Waals surface area contributed by atoms with Crippen LogP contribution in [0.3, 0.4) is 0 Å². The van der Waals surface area contributed by atoms with E-state index in [0.717, 1.165) is 13.0 Å². The number of likely N-dealkylation sites (tertiary alicyclic amines) is 1. The van der Waals surface area contributed by atoms with E-state index in [0.29, 0.717) is 18.1 Å². The number of ether oxygens (including phenoxy) is 1. The lowest BCUT2D eigenvalue weighted by molar-refractivity contribution is 0.202. The maximum atomic E-state index is 9.13. The Bertz CT molecular complexity index is 351. The van der Waals surface area contributed by atoms with Crippen LogP contribution in [-0.4, -0.2) is 41.2 Å². The van der Waals surface area contributed by atoms with Crippen molar-refractivity contribution in [3.63, 3.8) is 0 Å². The van der Waals surface area contributed by atoms with Crippen LogP contribution in [-0.2, 0) is 6.61 Å². The van der Waals surface area contributed by atoms with Gasteiger partial charge in [0.05, 0.1) is 13.2 Å². The number of aliphatic hydroxyl groups is 1. The van der Waals surface area contributed by atoms with Crippen LogP contribution in [0, 0.1) is 0 Å². The standard InChI is InChI=1S/C14H22N2O2/c17-12-13-14(6-4-7-15-13)18-11-5-10-16-8-2-1-3-9-16/h4,6-7,17H,1-3,5,8-12H2. The van der Waals surface area contributed by atoms with Crippen molar-refractivity contribution in [1.82, 2.24) is 9.88 Å². The molecule has 1 N–H and O–H groups in total. The van der Waals surface area contributed by atoms with Crippen molar-refractivity contribution in [3.8, 4) is 5.75 Å². The lowest BCUT2D eigenvalue weighted by Gasteiger charge is -2.26. The van der Waals surface area contributed by atoms with E-state index in [-0.39, 0.29) is 6.61 Å². The van der Waals surface area contributed by atoms with Crippen LogP contribution in [0.25, 0.3) is 0 Å². The van der Waals surface area contributed by atoms with Crippen LogP contribution in [0.15, 0.2) is 18.3 Å². The van der Waals surface area contributed by atoms with Crippen LogP contribution in [0.2, 0.25) is 0 Å². The van der Waals surface area contributed by atoms with Crippen LogP contribution < -0.4 is 4.74 Å². The number of aromatic nitrogens is 1. The highest BCUT2D eigenvalue weighted by Gasteiger charge is 2.09. The molecule has 2 heterocycles. The van der Waals surface area contributed by atoms with Crippen LogP contribution >= 0.6 is 0 Å². The summed E-state index contributed by atoms with van der Waals surface area (Å²) in [6, 6.07) is 3.69. The van der Waals surface area contributed by atoms with Gasteiger partial charge in [0, 0.05) is 12.7 Å². The molecule has 0 spiro atoms. The predicted molar refractivity (Wildman–Crippen MR) is 70.6 cm³/mol. The third kappa shape index (κ3) is 3.96. The normalized spacial score (nSPS) is 16.7. The third-order valence-corrected chi connectivity index (χ3v) is 3.32. The molecule has 0 saturated carbocycles. The molecular weight excluding hydrogens is 228 g/mol. The molecule has 1 aliphatic heterocycles. The maximum Gasteiger partial charge on any atom is 0.143 e. The number of aliphatic hydroxyl groups excluding tert-OH is 1. The minimum absolute atomic E-state index is 0.0672. The van der Waals surface area contributed by atoms with Gasteiger partial charge in [0.1, 0.15) is 11.4 Å². The smallest absolute Gasteiger partial charge is 0.143 e. The van der Waals surface area contributed by atoms with Crippen LogP contribution in [0.1, 0.15) is 31.4 Å². The van der Waals surface area contributed by atoms with Gasteiger partial charge in [0.2, 0.25) is 0 Å². The summed E-state index contributed by atoms with van der Waals surface area (Å²) in [7, 11) is 0. The molecule has 4 nitrogen and oxygen atoms in total. The Morgan fingerprint density at radius 1 is 1.28 bits per heavy atom. The molecule has 1 fully saturated rings. The second-order valence-electron chi connectivity index (χ2n) is 4.71. The first-order valence-corrected chi connectivity index (χ1v) is 6.80. The number of hydrogen-bond donors (Lipinski definition) is 1. The first kappa shape index (κ1) is 13.3. The molecule has 0 unspecified atom stereocenters. The number of piperidine rings is 1. The largest absolute Gasteiger partial charge is 0.492 e. The summed E-state index contributed by atoms with van der Waals surface area (Å²) in [5.41, 5.74) is 0.621. The molecule has 2 rings (SSSR count). The molecule has 4 heteroatoms. The zero-order valence-electron chi connectivity index (χ0n) is 10.8. The topological polar surface area (TPSA) is 45.6 Å². The zero-order valence-corrected chi connectivity index (χ0v) is 10.8. The maximum absolute atomic E-state index is 9.13. The van der Waals surface area contributed by atoms with Crippen molar-refractivity contribution < 1.29 is 9.84 Å². The van der Waals surface area contributed by atoms with Crippen molar-refractivity contribution in [3.05, 3.63) is 24.0 Å². The Kier molecular flexibility index (Phi) is 5.42. The molecule has 0 aromatic carbocycles. The minimum Gasteiger partial charge on any atom is -0.492 e. The Hall–Kier alpha value is -1.13.